The molecular formula is C23H25N3OS. The van der Waals surface area contributed by atoms with Crippen LogP contribution in [0.25, 0.3) is 11.3 Å². The molecule has 144 valence electrons. The van der Waals surface area contributed by atoms with Crippen molar-refractivity contribution in [3.8, 4) is 11.3 Å². The number of nitrogens with zero attached hydrogens (tertiary/aromatic N) is 2. The zero-order chi connectivity index (χ0) is 19.4. The summed E-state index contributed by atoms with van der Waals surface area (Å²) in [7, 11) is 1.99. The van der Waals surface area contributed by atoms with Crippen LogP contribution in [0, 0.1) is 0 Å². The normalized spacial score (nSPS) is 15.0. The number of carbonyl (C=O) groups excluding carboxylic acids is 1. The molecule has 0 atom stereocenters. The van der Waals surface area contributed by atoms with Crippen molar-refractivity contribution in [3.05, 3.63) is 72.4 Å². The van der Waals surface area contributed by atoms with Gasteiger partial charge in [0.15, 0.2) is 5.16 Å². The monoisotopic (exact) mass is 391 g/mol. The summed E-state index contributed by atoms with van der Waals surface area (Å²) in [6.07, 6.45) is 5.39. The van der Waals surface area contributed by atoms with Crippen LogP contribution < -0.4 is 5.32 Å². The molecule has 4 nitrogen and oxygen atoms in total. The fourth-order valence-corrected chi connectivity index (χ4v) is 4.60. The molecule has 28 heavy (non-hydrogen) atoms. The van der Waals surface area contributed by atoms with Gasteiger partial charge in [0.25, 0.3) is 0 Å². The standard InChI is InChI=1S/C23H25N3OS/c1-26-20(18-9-4-2-5-10-18)15-24-22(26)28-16-21(27)25-17-23(13-8-14-23)19-11-6-3-7-12-19/h2-7,9-12,15H,8,13-14,16-17H2,1H3,(H,25,27). The maximum Gasteiger partial charge on any atom is 0.230 e. The summed E-state index contributed by atoms with van der Waals surface area (Å²) in [4.78, 5) is 16.9. The predicted molar refractivity (Wildman–Crippen MR) is 114 cm³/mol. The average Bonchev–Trinajstić information content (AvgIpc) is 3.07. The zero-order valence-electron chi connectivity index (χ0n) is 16.1. The van der Waals surface area contributed by atoms with Gasteiger partial charge in [0.1, 0.15) is 0 Å². The minimum absolute atomic E-state index is 0.0662. The topological polar surface area (TPSA) is 46.9 Å². The number of aromatic nitrogens is 2. The Kier molecular flexibility index (Phi) is 5.53. The second-order valence-corrected chi connectivity index (χ2v) is 8.36. The Morgan fingerprint density at radius 2 is 1.79 bits per heavy atom. The van der Waals surface area contributed by atoms with E-state index in [0.29, 0.717) is 12.3 Å². The van der Waals surface area contributed by atoms with E-state index < -0.39 is 0 Å². The Morgan fingerprint density at radius 3 is 2.43 bits per heavy atom. The highest BCUT2D eigenvalue weighted by molar-refractivity contribution is 7.99. The molecule has 0 aliphatic heterocycles. The van der Waals surface area contributed by atoms with E-state index in [9.17, 15) is 4.79 Å². The van der Waals surface area contributed by atoms with Gasteiger partial charge in [0.05, 0.1) is 17.6 Å². The van der Waals surface area contributed by atoms with Crippen LogP contribution in [-0.2, 0) is 17.3 Å². The van der Waals surface area contributed by atoms with Gasteiger partial charge in [-0.2, -0.15) is 0 Å². The molecule has 4 rings (SSSR count). The molecule has 0 unspecified atom stereocenters. The van der Waals surface area contributed by atoms with E-state index in [4.69, 9.17) is 0 Å². The highest BCUT2D eigenvalue weighted by atomic mass is 32.2. The summed E-state index contributed by atoms with van der Waals surface area (Å²) in [6, 6.07) is 20.7. The lowest BCUT2D eigenvalue weighted by atomic mass is 9.64. The summed E-state index contributed by atoms with van der Waals surface area (Å²) in [5.74, 6) is 0.445. The number of amides is 1. The fourth-order valence-electron chi connectivity index (χ4n) is 3.82. The second-order valence-electron chi connectivity index (χ2n) is 7.42. The number of benzene rings is 2. The lowest BCUT2D eigenvalue weighted by Gasteiger charge is -2.42. The molecule has 0 radical (unpaired) electrons. The van der Waals surface area contributed by atoms with Crippen molar-refractivity contribution < 1.29 is 4.79 Å². The molecule has 3 aromatic rings. The van der Waals surface area contributed by atoms with Crippen molar-refractivity contribution in [3.63, 3.8) is 0 Å². The van der Waals surface area contributed by atoms with Crippen molar-refractivity contribution in [1.29, 1.82) is 0 Å². The van der Waals surface area contributed by atoms with E-state index in [1.54, 1.807) is 0 Å². The summed E-state index contributed by atoms with van der Waals surface area (Å²) < 4.78 is 2.05. The van der Waals surface area contributed by atoms with Crippen LogP contribution in [0.15, 0.2) is 72.0 Å². The van der Waals surface area contributed by atoms with Crippen LogP contribution in [-0.4, -0.2) is 27.8 Å². The summed E-state index contributed by atoms with van der Waals surface area (Å²) in [6.45, 7) is 0.715. The molecular weight excluding hydrogens is 366 g/mol. The lowest BCUT2D eigenvalue weighted by molar-refractivity contribution is -0.119. The number of thioether (sulfide) groups is 1. The first-order valence-electron chi connectivity index (χ1n) is 9.70. The molecule has 1 aliphatic rings. The second kappa shape index (κ2) is 8.23. The third-order valence-corrected chi connectivity index (χ3v) is 6.71. The van der Waals surface area contributed by atoms with Crippen molar-refractivity contribution in [2.45, 2.75) is 29.8 Å². The molecule has 1 aliphatic carbocycles. The van der Waals surface area contributed by atoms with Gasteiger partial charge < -0.3 is 9.88 Å². The molecule has 1 amide bonds. The van der Waals surface area contributed by atoms with Crippen LogP contribution in [0.2, 0.25) is 0 Å². The quantitative estimate of drug-likeness (QED) is 0.607. The van der Waals surface area contributed by atoms with Gasteiger partial charge >= 0.3 is 0 Å². The SMILES string of the molecule is Cn1c(-c2ccccc2)cnc1SCC(=O)NCC1(c2ccccc2)CCC1. The number of imidazole rings is 1. The Morgan fingerprint density at radius 1 is 1.11 bits per heavy atom. The van der Waals surface area contributed by atoms with Gasteiger partial charge in [-0.05, 0) is 24.0 Å². The Bertz CT molecular complexity index is 933. The third-order valence-electron chi connectivity index (χ3n) is 5.67. The largest absolute Gasteiger partial charge is 0.354 e. The van der Waals surface area contributed by atoms with Crippen molar-refractivity contribution in [2.24, 2.45) is 7.05 Å². The molecule has 5 heteroatoms. The zero-order valence-corrected chi connectivity index (χ0v) is 16.9. The minimum Gasteiger partial charge on any atom is -0.354 e. The number of carbonyl (C=O) groups is 1. The molecule has 1 saturated carbocycles. The summed E-state index contributed by atoms with van der Waals surface area (Å²) >= 11 is 1.48. The molecule has 1 N–H and O–H groups in total. The van der Waals surface area contributed by atoms with Crippen molar-refractivity contribution in [1.82, 2.24) is 14.9 Å². The number of hydrogen-bond acceptors (Lipinski definition) is 3. The average molecular weight is 392 g/mol. The Labute approximate surface area is 170 Å². The van der Waals surface area contributed by atoms with Gasteiger partial charge in [-0.1, -0.05) is 78.8 Å². The van der Waals surface area contributed by atoms with Crippen molar-refractivity contribution in [2.75, 3.05) is 12.3 Å². The van der Waals surface area contributed by atoms with Crippen molar-refractivity contribution >= 4 is 17.7 Å². The first-order valence-corrected chi connectivity index (χ1v) is 10.7. The molecule has 1 aromatic heterocycles. The van der Waals surface area contributed by atoms with Crippen LogP contribution in [0.4, 0.5) is 0 Å². The van der Waals surface area contributed by atoms with Crippen LogP contribution in [0.1, 0.15) is 24.8 Å². The highest BCUT2D eigenvalue weighted by Gasteiger charge is 2.38. The Hall–Kier alpha value is -2.53. The molecule has 0 saturated heterocycles. The van der Waals surface area contributed by atoms with E-state index in [1.165, 1.54) is 23.7 Å². The van der Waals surface area contributed by atoms with Gasteiger partial charge in [0, 0.05) is 19.0 Å². The van der Waals surface area contributed by atoms with Crippen LogP contribution in [0.5, 0.6) is 0 Å². The molecule has 0 bridgehead atoms. The maximum absolute atomic E-state index is 12.5. The molecule has 0 spiro atoms. The highest BCUT2D eigenvalue weighted by Crippen LogP contribution is 2.43. The van der Waals surface area contributed by atoms with Gasteiger partial charge in [-0.15, -0.1) is 0 Å². The van der Waals surface area contributed by atoms with E-state index >= 15 is 0 Å². The maximum atomic E-state index is 12.5. The first-order chi connectivity index (χ1) is 13.7. The van der Waals surface area contributed by atoms with Gasteiger partial charge in [0.2, 0.25) is 5.91 Å². The van der Waals surface area contributed by atoms with Crippen LogP contribution >= 0.6 is 11.8 Å². The number of hydrogen-bond donors (Lipinski definition) is 1. The molecule has 2 aromatic carbocycles. The van der Waals surface area contributed by atoms with Crippen LogP contribution in [0.3, 0.4) is 0 Å². The van der Waals surface area contributed by atoms with Gasteiger partial charge in [-0.3, -0.25) is 4.79 Å². The molecule has 1 fully saturated rings. The minimum atomic E-state index is 0.0662. The summed E-state index contributed by atoms with van der Waals surface area (Å²) in [5.41, 5.74) is 3.64. The smallest absolute Gasteiger partial charge is 0.230 e. The predicted octanol–water partition coefficient (Wildman–Crippen LogP) is 4.42. The number of nitrogens with one attached hydrogen (secondary N) is 1. The first kappa shape index (κ1) is 18.8. The van der Waals surface area contributed by atoms with E-state index in [-0.39, 0.29) is 11.3 Å². The molecule has 1 heterocycles. The van der Waals surface area contributed by atoms with E-state index in [0.717, 1.165) is 29.3 Å². The fraction of sp³-hybridized carbons (Fsp3) is 0.304. The van der Waals surface area contributed by atoms with E-state index in [1.807, 2.05) is 42.1 Å². The Balaban J connectivity index is 1.34. The third kappa shape index (κ3) is 3.85. The van der Waals surface area contributed by atoms with E-state index in [2.05, 4.69) is 46.7 Å². The van der Waals surface area contributed by atoms with Gasteiger partial charge in [-0.25, -0.2) is 4.98 Å². The summed E-state index contributed by atoms with van der Waals surface area (Å²) in [5, 5.41) is 4.01. The number of rotatable bonds is 7. The lowest BCUT2D eigenvalue weighted by Crippen LogP contribution is -2.46.